The Labute approximate surface area is 219 Å². The lowest BCUT2D eigenvalue weighted by atomic mass is 9.73. The maximum atomic E-state index is 14.0. The van der Waals surface area contributed by atoms with Crippen molar-refractivity contribution in [2.24, 2.45) is 22.3 Å². The molecule has 0 radical (unpaired) electrons. The van der Waals surface area contributed by atoms with Crippen LogP contribution >= 0.6 is 0 Å². The minimum Gasteiger partial charge on any atom is -0.339 e. The molecule has 37 heavy (non-hydrogen) atoms. The van der Waals surface area contributed by atoms with Crippen LogP contribution in [0.4, 0.5) is 0 Å². The summed E-state index contributed by atoms with van der Waals surface area (Å²) in [5.41, 5.74) is 2.10. The predicted octanol–water partition coefficient (Wildman–Crippen LogP) is 3.03. The highest BCUT2D eigenvalue weighted by molar-refractivity contribution is 6.13. The lowest BCUT2D eigenvalue weighted by molar-refractivity contribution is -0.150. The molecule has 4 rings (SSSR count). The Morgan fingerprint density at radius 3 is 2.30 bits per heavy atom. The Morgan fingerprint density at radius 2 is 1.68 bits per heavy atom. The highest BCUT2D eigenvalue weighted by Gasteiger charge is 2.54. The second-order valence-electron chi connectivity index (χ2n) is 10.4. The first-order valence-electron chi connectivity index (χ1n) is 13.0. The fourth-order valence-electron chi connectivity index (χ4n) is 5.40. The number of likely N-dealkylation sites (tertiary alicyclic amines) is 1. The van der Waals surface area contributed by atoms with Crippen LogP contribution in [-0.2, 0) is 27.2 Å². The van der Waals surface area contributed by atoms with Crippen LogP contribution in [0.5, 0.6) is 0 Å². The van der Waals surface area contributed by atoms with Gasteiger partial charge in [-0.1, -0.05) is 74.5 Å². The molecule has 0 unspecified atom stereocenters. The lowest BCUT2D eigenvalue weighted by Crippen LogP contribution is -2.60. The van der Waals surface area contributed by atoms with Crippen LogP contribution in [-0.4, -0.2) is 64.5 Å². The number of aryl methyl sites for hydroxylation is 1. The fourth-order valence-corrected chi connectivity index (χ4v) is 5.40. The molecule has 2 aromatic rings. The first kappa shape index (κ1) is 26.5. The van der Waals surface area contributed by atoms with Crippen molar-refractivity contribution in [3.8, 4) is 0 Å². The average molecular weight is 504 g/mol. The van der Waals surface area contributed by atoms with Crippen LogP contribution in [0.15, 0.2) is 65.8 Å². The van der Waals surface area contributed by atoms with Gasteiger partial charge < -0.3 is 4.90 Å². The second-order valence-corrected chi connectivity index (χ2v) is 10.4. The molecule has 0 saturated carbocycles. The summed E-state index contributed by atoms with van der Waals surface area (Å²) in [6.45, 7) is 4.22. The number of hydrazone groups is 1. The van der Waals surface area contributed by atoms with Gasteiger partial charge in [0.25, 0.3) is 5.91 Å². The van der Waals surface area contributed by atoms with E-state index in [0.717, 1.165) is 22.7 Å². The van der Waals surface area contributed by atoms with E-state index in [2.05, 4.69) is 17.2 Å². The number of carbonyl (C=O) groups excluding carboxylic acids is 3. The zero-order valence-corrected chi connectivity index (χ0v) is 22.0. The van der Waals surface area contributed by atoms with Crippen LogP contribution < -0.4 is 5.84 Å². The van der Waals surface area contributed by atoms with Crippen molar-refractivity contribution >= 4 is 23.4 Å². The Morgan fingerprint density at radius 1 is 1.05 bits per heavy atom. The minimum atomic E-state index is -0.903. The Bertz CT molecular complexity index is 1150. The monoisotopic (exact) mass is 503 g/mol. The van der Waals surface area contributed by atoms with E-state index in [1.807, 2.05) is 48.5 Å². The zero-order valence-electron chi connectivity index (χ0n) is 22.0. The van der Waals surface area contributed by atoms with Gasteiger partial charge in [-0.05, 0) is 36.8 Å². The van der Waals surface area contributed by atoms with Crippen LogP contribution in [0, 0.1) is 11.3 Å². The molecule has 0 bridgehead atoms. The highest BCUT2D eigenvalue weighted by atomic mass is 16.2. The summed E-state index contributed by atoms with van der Waals surface area (Å²) >= 11 is 0. The van der Waals surface area contributed by atoms with Gasteiger partial charge >= 0.3 is 0 Å². The summed E-state index contributed by atoms with van der Waals surface area (Å²) in [5.74, 6) is 5.39. The molecule has 8 nitrogen and oxygen atoms in total. The van der Waals surface area contributed by atoms with Gasteiger partial charge in [-0.2, -0.15) is 5.10 Å². The molecule has 3 amide bonds. The largest absolute Gasteiger partial charge is 0.339 e. The number of amides is 3. The maximum Gasteiger partial charge on any atom is 0.256 e. The standard InChI is InChI=1S/C29H37N5O3/c1-21(2)26(35)34(30)24(16-10-15-22-11-6-4-7-12-22)27(36)33-18-17-25-29(20-33,28(37)32(3)31-25)19-23-13-8-5-9-14-23/h4-9,11-14,21,24H,10,15-20,30H2,1-3H3/t24-,29-/m1/s1. The smallest absolute Gasteiger partial charge is 0.256 e. The molecule has 1 saturated heterocycles. The topological polar surface area (TPSA) is 99.3 Å². The van der Waals surface area contributed by atoms with Gasteiger partial charge in [0.2, 0.25) is 11.8 Å². The molecular formula is C29H37N5O3. The van der Waals surface area contributed by atoms with Crippen molar-refractivity contribution in [1.29, 1.82) is 0 Å². The molecule has 1 fully saturated rings. The maximum absolute atomic E-state index is 14.0. The molecule has 2 N–H and O–H groups in total. The van der Waals surface area contributed by atoms with Crippen molar-refractivity contribution in [3.63, 3.8) is 0 Å². The summed E-state index contributed by atoms with van der Waals surface area (Å²) in [7, 11) is 1.67. The van der Waals surface area contributed by atoms with Crippen LogP contribution in [0.3, 0.4) is 0 Å². The molecular weight excluding hydrogens is 466 g/mol. The van der Waals surface area contributed by atoms with E-state index < -0.39 is 11.5 Å². The molecule has 2 heterocycles. The third-order valence-corrected chi connectivity index (χ3v) is 7.42. The van der Waals surface area contributed by atoms with Crippen molar-refractivity contribution in [3.05, 3.63) is 71.8 Å². The second kappa shape index (κ2) is 11.3. The summed E-state index contributed by atoms with van der Waals surface area (Å²) in [5, 5.41) is 7.06. The number of hydrogen-bond donors (Lipinski definition) is 1. The summed E-state index contributed by atoms with van der Waals surface area (Å²) in [4.78, 5) is 42.0. The fraction of sp³-hybridized carbons (Fsp3) is 0.448. The van der Waals surface area contributed by atoms with Gasteiger partial charge in [-0.3, -0.25) is 19.4 Å². The molecule has 0 spiro atoms. The van der Waals surface area contributed by atoms with Crippen molar-refractivity contribution in [1.82, 2.24) is 14.9 Å². The van der Waals surface area contributed by atoms with E-state index in [9.17, 15) is 14.4 Å². The SMILES string of the molecule is CC(C)C(=O)N(N)[C@H](CCCc1ccccc1)C(=O)N1CCC2=NN(C)C(=O)[C@]2(Cc2ccccc2)C1. The van der Waals surface area contributed by atoms with E-state index in [0.29, 0.717) is 32.2 Å². The minimum absolute atomic E-state index is 0.104. The van der Waals surface area contributed by atoms with Gasteiger partial charge in [0.15, 0.2) is 0 Å². The van der Waals surface area contributed by atoms with Crippen molar-refractivity contribution in [2.75, 3.05) is 20.1 Å². The quantitative estimate of drug-likeness (QED) is 0.323. The van der Waals surface area contributed by atoms with E-state index in [1.165, 1.54) is 10.6 Å². The van der Waals surface area contributed by atoms with E-state index in [-0.39, 0.29) is 30.2 Å². The number of rotatable bonds is 9. The molecule has 2 aliphatic heterocycles. The van der Waals surface area contributed by atoms with Gasteiger partial charge in [0.05, 0.1) is 5.71 Å². The number of benzene rings is 2. The zero-order chi connectivity index (χ0) is 26.6. The number of hydrogen-bond acceptors (Lipinski definition) is 5. The van der Waals surface area contributed by atoms with Gasteiger partial charge in [-0.15, -0.1) is 0 Å². The van der Waals surface area contributed by atoms with Crippen LogP contribution in [0.1, 0.15) is 44.2 Å². The Balaban J connectivity index is 1.56. The first-order chi connectivity index (χ1) is 17.7. The van der Waals surface area contributed by atoms with Gasteiger partial charge in [-0.25, -0.2) is 10.9 Å². The van der Waals surface area contributed by atoms with E-state index >= 15 is 0 Å². The molecule has 196 valence electrons. The van der Waals surface area contributed by atoms with Crippen molar-refractivity contribution < 1.29 is 14.4 Å². The Kier molecular flexibility index (Phi) is 8.07. The van der Waals surface area contributed by atoms with E-state index in [1.54, 1.807) is 25.8 Å². The molecule has 2 atom stereocenters. The molecule has 2 aliphatic rings. The van der Waals surface area contributed by atoms with Crippen LogP contribution in [0.25, 0.3) is 0 Å². The normalized spacial score (nSPS) is 20.0. The molecule has 8 heteroatoms. The highest BCUT2D eigenvalue weighted by Crippen LogP contribution is 2.38. The number of nitrogens with zero attached hydrogens (tertiary/aromatic N) is 4. The van der Waals surface area contributed by atoms with Gasteiger partial charge in [0, 0.05) is 32.5 Å². The number of fused-ring (bicyclic) bond motifs is 1. The number of nitrogens with two attached hydrogens (primary N) is 1. The third-order valence-electron chi connectivity index (χ3n) is 7.42. The van der Waals surface area contributed by atoms with Crippen LogP contribution in [0.2, 0.25) is 0 Å². The number of hydrazine groups is 1. The molecule has 2 aromatic carbocycles. The first-order valence-corrected chi connectivity index (χ1v) is 13.0. The number of carbonyl (C=O) groups is 3. The Hall–Kier alpha value is -3.52. The summed E-state index contributed by atoms with van der Waals surface area (Å²) in [6, 6.07) is 19.1. The van der Waals surface area contributed by atoms with E-state index in [4.69, 9.17) is 5.84 Å². The summed E-state index contributed by atoms with van der Waals surface area (Å²) in [6.07, 6.45) is 2.91. The molecule has 0 aliphatic carbocycles. The molecule has 0 aromatic heterocycles. The number of piperidine rings is 1. The predicted molar refractivity (Wildman–Crippen MR) is 143 cm³/mol. The lowest BCUT2D eigenvalue weighted by Gasteiger charge is -2.41. The third kappa shape index (κ3) is 5.59. The van der Waals surface area contributed by atoms with Gasteiger partial charge in [0.1, 0.15) is 11.5 Å². The average Bonchev–Trinajstić information content (AvgIpc) is 3.15. The van der Waals surface area contributed by atoms with Crippen molar-refractivity contribution in [2.45, 2.75) is 52.0 Å². The summed E-state index contributed by atoms with van der Waals surface area (Å²) < 4.78 is 0.